The van der Waals surface area contributed by atoms with Crippen molar-refractivity contribution in [1.29, 1.82) is 0 Å². The fraction of sp³-hybridized carbons (Fsp3) is 0.333. The summed E-state index contributed by atoms with van der Waals surface area (Å²) in [6.45, 7) is 8.46. The van der Waals surface area contributed by atoms with Gasteiger partial charge in [-0.3, -0.25) is 0 Å². The fourth-order valence-corrected chi connectivity index (χ4v) is 0.404. The molecule has 0 saturated carbocycles. The third kappa shape index (κ3) is 5.73. The Labute approximate surface area is 55.0 Å². The number of hydrogen-bond donors (Lipinski definition) is 1. The van der Waals surface area contributed by atoms with Crippen molar-refractivity contribution < 1.29 is 0 Å². The highest BCUT2D eigenvalue weighted by Gasteiger charge is 1.82. The molecule has 0 aliphatic carbocycles. The molecule has 0 heterocycles. The number of nitrogens with one attached hydrogen (secondary N) is 1. The van der Waals surface area contributed by atoms with Crippen molar-refractivity contribution in [2.24, 2.45) is 0 Å². The van der Waals surface area contributed by atoms with E-state index in [1.165, 1.54) is 0 Å². The minimum Gasteiger partial charge on any atom is -0.308 e. The molecule has 0 fully saturated rings. The number of hydrogen-bond acceptors (Lipinski definition) is 1. The molecule has 0 aromatic rings. The summed E-state index contributed by atoms with van der Waals surface area (Å²) in [5, 5.41) is 3.62. The maximum Gasteiger partial charge on any atom is 0.0310 e. The second-order valence-corrected chi connectivity index (χ2v) is 1.97. The maximum absolute atomic E-state index is 5.42. The Morgan fingerprint density at radius 2 is 2.38 bits per heavy atom. The standard InChI is InChI=1S/C6H10ClN/c1-3-4-8-5-6(2)7/h3,8H,1-2,4-5H2. The Balaban J connectivity index is 2.93. The predicted molar refractivity (Wildman–Crippen MR) is 38.1 cm³/mol. The van der Waals surface area contributed by atoms with Gasteiger partial charge in [-0.05, 0) is 0 Å². The van der Waals surface area contributed by atoms with Gasteiger partial charge in [0.1, 0.15) is 0 Å². The lowest BCUT2D eigenvalue weighted by Crippen LogP contribution is -2.14. The SMILES string of the molecule is C=CCNCC(=C)Cl. The summed E-state index contributed by atoms with van der Waals surface area (Å²) >= 11 is 5.42. The molecular formula is C6H10ClN. The zero-order valence-electron chi connectivity index (χ0n) is 4.78. The Morgan fingerprint density at radius 1 is 1.75 bits per heavy atom. The van der Waals surface area contributed by atoms with E-state index in [1.807, 2.05) is 0 Å². The first-order valence-corrected chi connectivity index (χ1v) is 2.80. The van der Waals surface area contributed by atoms with Gasteiger partial charge in [0.05, 0.1) is 0 Å². The first-order chi connectivity index (χ1) is 3.77. The Kier molecular flexibility index (Phi) is 4.71. The molecule has 46 valence electrons. The normalized spacial score (nSPS) is 8.62. The summed E-state index contributed by atoms with van der Waals surface area (Å²) in [6.07, 6.45) is 1.78. The van der Waals surface area contributed by atoms with Crippen molar-refractivity contribution in [3.63, 3.8) is 0 Å². The van der Waals surface area contributed by atoms with E-state index in [2.05, 4.69) is 18.5 Å². The molecule has 1 N–H and O–H groups in total. The minimum atomic E-state index is 0.631. The molecule has 0 radical (unpaired) electrons. The van der Waals surface area contributed by atoms with Crippen molar-refractivity contribution in [3.8, 4) is 0 Å². The summed E-state index contributed by atoms with van der Waals surface area (Å²) in [7, 11) is 0. The van der Waals surface area contributed by atoms with Crippen LogP contribution < -0.4 is 5.32 Å². The molecule has 0 atom stereocenters. The quantitative estimate of drug-likeness (QED) is 0.451. The van der Waals surface area contributed by atoms with Gasteiger partial charge in [-0.2, -0.15) is 0 Å². The summed E-state index contributed by atoms with van der Waals surface area (Å²) in [5.41, 5.74) is 0. The van der Waals surface area contributed by atoms with Crippen molar-refractivity contribution in [1.82, 2.24) is 5.32 Å². The van der Waals surface area contributed by atoms with Crippen LogP contribution in [0.5, 0.6) is 0 Å². The zero-order valence-corrected chi connectivity index (χ0v) is 5.54. The van der Waals surface area contributed by atoms with Crippen LogP contribution in [0.1, 0.15) is 0 Å². The van der Waals surface area contributed by atoms with Gasteiger partial charge in [-0.1, -0.05) is 24.3 Å². The Morgan fingerprint density at radius 3 is 2.75 bits per heavy atom. The topological polar surface area (TPSA) is 12.0 Å². The molecule has 0 aliphatic rings. The Bertz CT molecular complexity index is 88.5. The molecule has 0 bridgehead atoms. The van der Waals surface area contributed by atoms with E-state index < -0.39 is 0 Å². The van der Waals surface area contributed by atoms with Crippen LogP contribution >= 0.6 is 11.6 Å². The first kappa shape index (κ1) is 7.73. The molecule has 0 aromatic heterocycles. The van der Waals surface area contributed by atoms with E-state index in [1.54, 1.807) is 6.08 Å². The van der Waals surface area contributed by atoms with Crippen molar-refractivity contribution in [2.45, 2.75) is 0 Å². The second kappa shape index (κ2) is 4.88. The molecule has 0 aromatic carbocycles. The minimum absolute atomic E-state index is 0.631. The third-order valence-corrected chi connectivity index (χ3v) is 0.739. The van der Waals surface area contributed by atoms with Crippen LogP contribution in [-0.4, -0.2) is 13.1 Å². The van der Waals surface area contributed by atoms with E-state index in [-0.39, 0.29) is 0 Å². The number of rotatable bonds is 4. The van der Waals surface area contributed by atoms with E-state index in [4.69, 9.17) is 11.6 Å². The van der Waals surface area contributed by atoms with Gasteiger partial charge in [0.2, 0.25) is 0 Å². The molecule has 0 rings (SSSR count). The highest BCUT2D eigenvalue weighted by Crippen LogP contribution is 1.90. The van der Waals surface area contributed by atoms with Gasteiger partial charge in [0.25, 0.3) is 0 Å². The van der Waals surface area contributed by atoms with Crippen LogP contribution in [0.2, 0.25) is 0 Å². The first-order valence-electron chi connectivity index (χ1n) is 2.42. The summed E-state index contributed by atoms with van der Waals surface area (Å²) < 4.78 is 0. The van der Waals surface area contributed by atoms with Gasteiger partial charge in [0, 0.05) is 18.1 Å². The highest BCUT2D eigenvalue weighted by molar-refractivity contribution is 6.29. The van der Waals surface area contributed by atoms with E-state index in [0.717, 1.165) is 6.54 Å². The van der Waals surface area contributed by atoms with Gasteiger partial charge < -0.3 is 5.32 Å². The molecule has 1 nitrogen and oxygen atoms in total. The molecule has 0 spiro atoms. The van der Waals surface area contributed by atoms with Crippen molar-refractivity contribution in [2.75, 3.05) is 13.1 Å². The van der Waals surface area contributed by atoms with Crippen LogP contribution in [0, 0.1) is 0 Å². The monoisotopic (exact) mass is 131 g/mol. The van der Waals surface area contributed by atoms with Gasteiger partial charge in [0.15, 0.2) is 0 Å². The van der Waals surface area contributed by atoms with Crippen LogP contribution in [0.25, 0.3) is 0 Å². The van der Waals surface area contributed by atoms with Crippen molar-refractivity contribution in [3.05, 3.63) is 24.3 Å². The summed E-state index contributed by atoms with van der Waals surface area (Å²) in [5.74, 6) is 0. The highest BCUT2D eigenvalue weighted by atomic mass is 35.5. The summed E-state index contributed by atoms with van der Waals surface area (Å²) in [6, 6.07) is 0. The van der Waals surface area contributed by atoms with Crippen molar-refractivity contribution >= 4 is 11.6 Å². The van der Waals surface area contributed by atoms with Gasteiger partial charge in [-0.25, -0.2) is 0 Å². The summed E-state index contributed by atoms with van der Waals surface area (Å²) in [4.78, 5) is 0. The fourth-order valence-electron chi connectivity index (χ4n) is 0.310. The Hall–Kier alpha value is -0.270. The molecule has 0 unspecified atom stereocenters. The van der Waals surface area contributed by atoms with Gasteiger partial charge >= 0.3 is 0 Å². The van der Waals surface area contributed by atoms with E-state index >= 15 is 0 Å². The lowest BCUT2D eigenvalue weighted by Gasteiger charge is -1.95. The van der Waals surface area contributed by atoms with Crippen LogP contribution in [0.4, 0.5) is 0 Å². The predicted octanol–water partition coefficient (Wildman–Crippen LogP) is 1.51. The lowest BCUT2D eigenvalue weighted by atomic mass is 10.5. The van der Waals surface area contributed by atoms with Crippen LogP contribution in [-0.2, 0) is 0 Å². The smallest absolute Gasteiger partial charge is 0.0310 e. The molecule has 0 saturated heterocycles. The van der Waals surface area contributed by atoms with E-state index in [9.17, 15) is 0 Å². The van der Waals surface area contributed by atoms with Gasteiger partial charge in [-0.15, -0.1) is 6.58 Å². The average molecular weight is 132 g/mol. The lowest BCUT2D eigenvalue weighted by molar-refractivity contribution is 0.838. The average Bonchev–Trinajstić information content (AvgIpc) is 1.66. The largest absolute Gasteiger partial charge is 0.308 e. The molecule has 2 heteroatoms. The molecule has 0 amide bonds. The molecule has 0 aliphatic heterocycles. The molecule has 8 heavy (non-hydrogen) atoms. The van der Waals surface area contributed by atoms with Crippen LogP contribution in [0.3, 0.4) is 0 Å². The zero-order chi connectivity index (χ0) is 6.41. The number of halogens is 1. The molecular weight excluding hydrogens is 122 g/mol. The maximum atomic E-state index is 5.42. The second-order valence-electron chi connectivity index (χ2n) is 1.44. The van der Waals surface area contributed by atoms with E-state index in [0.29, 0.717) is 11.6 Å². The third-order valence-electron chi connectivity index (χ3n) is 0.605. The van der Waals surface area contributed by atoms with Crippen LogP contribution in [0.15, 0.2) is 24.3 Å².